The van der Waals surface area contributed by atoms with Crippen molar-refractivity contribution in [2.24, 2.45) is 0 Å². The van der Waals surface area contributed by atoms with Crippen LogP contribution in [0.3, 0.4) is 0 Å². The molecule has 0 bridgehead atoms. The van der Waals surface area contributed by atoms with Gasteiger partial charge in [-0.25, -0.2) is 8.78 Å². The smallest absolute Gasteiger partial charge is 0.282 e. The van der Waals surface area contributed by atoms with Crippen LogP contribution in [0.5, 0.6) is 5.75 Å². The molecule has 2 aromatic carbocycles. The molecular formula is C21H15F2N3O3S2. The van der Waals surface area contributed by atoms with Crippen molar-refractivity contribution in [2.45, 2.75) is 6.92 Å². The highest BCUT2D eigenvalue weighted by atomic mass is 32.1. The van der Waals surface area contributed by atoms with E-state index < -0.39 is 29.7 Å². The first-order chi connectivity index (χ1) is 14.8. The summed E-state index contributed by atoms with van der Waals surface area (Å²) in [6.07, 6.45) is 0. The Morgan fingerprint density at radius 2 is 1.97 bits per heavy atom. The number of aryl methyl sites for hydroxylation is 1. The van der Waals surface area contributed by atoms with Crippen LogP contribution < -0.4 is 15.7 Å². The summed E-state index contributed by atoms with van der Waals surface area (Å²) < 4.78 is 32.6. The van der Waals surface area contributed by atoms with Crippen LogP contribution >= 0.6 is 23.6 Å². The third kappa shape index (κ3) is 4.12. The first-order valence-corrected chi connectivity index (χ1v) is 10.3. The molecule has 10 heteroatoms. The number of ether oxygens (including phenoxy) is 1. The molecular weight excluding hydrogens is 444 g/mol. The molecule has 0 aliphatic heterocycles. The lowest BCUT2D eigenvalue weighted by atomic mass is 10.0. The summed E-state index contributed by atoms with van der Waals surface area (Å²) in [5.41, 5.74) is 3.49. The van der Waals surface area contributed by atoms with Crippen LogP contribution in [0.25, 0.3) is 21.3 Å². The molecule has 31 heavy (non-hydrogen) atoms. The lowest BCUT2D eigenvalue weighted by Gasteiger charge is -2.11. The number of benzene rings is 2. The number of aromatic amines is 1. The molecule has 2 heterocycles. The first-order valence-electron chi connectivity index (χ1n) is 9.06. The highest BCUT2D eigenvalue weighted by Gasteiger charge is 2.18. The number of H-pyrrole nitrogens is 1. The fourth-order valence-electron chi connectivity index (χ4n) is 3.14. The molecule has 2 N–H and O–H groups in total. The molecule has 0 unspecified atom stereocenters. The number of nitrogens with one attached hydrogen (secondary N) is 2. The number of thiophene rings is 1. The Morgan fingerprint density at radius 3 is 2.68 bits per heavy atom. The molecule has 0 saturated carbocycles. The van der Waals surface area contributed by atoms with E-state index in [0.29, 0.717) is 16.3 Å². The van der Waals surface area contributed by atoms with E-state index in [1.54, 1.807) is 0 Å². The molecule has 6 nitrogen and oxygen atoms in total. The van der Waals surface area contributed by atoms with Crippen molar-refractivity contribution in [3.05, 3.63) is 80.2 Å². The average Bonchev–Trinajstić information content (AvgIpc) is 3.06. The number of halogens is 2. The van der Waals surface area contributed by atoms with Gasteiger partial charge >= 0.3 is 0 Å². The minimum atomic E-state index is -0.940. The zero-order chi connectivity index (χ0) is 22.1. The van der Waals surface area contributed by atoms with Crippen molar-refractivity contribution in [3.63, 3.8) is 0 Å². The Labute approximate surface area is 183 Å². The molecule has 0 atom stereocenters. The molecule has 0 radical (unpaired) electrons. The van der Waals surface area contributed by atoms with Crippen LogP contribution in [-0.4, -0.2) is 22.2 Å². The normalized spacial score (nSPS) is 10.9. The zero-order valence-electron chi connectivity index (χ0n) is 16.1. The number of rotatable bonds is 5. The second-order valence-corrected chi connectivity index (χ2v) is 8.18. The number of aromatic nitrogens is 2. The lowest BCUT2D eigenvalue weighted by Crippen LogP contribution is -2.36. The highest BCUT2D eigenvalue weighted by molar-refractivity contribution is 7.71. The third-order valence-electron chi connectivity index (χ3n) is 4.48. The van der Waals surface area contributed by atoms with Gasteiger partial charge in [0.25, 0.3) is 11.5 Å². The van der Waals surface area contributed by atoms with Gasteiger partial charge in [-0.2, -0.15) is 4.68 Å². The van der Waals surface area contributed by atoms with Gasteiger partial charge in [0.05, 0.1) is 5.39 Å². The number of hydrogen-bond donors (Lipinski definition) is 2. The second-order valence-electron chi connectivity index (χ2n) is 6.57. The first kappa shape index (κ1) is 20.9. The Hall–Kier alpha value is -3.37. The molecule has 0 fully saturated rings. The van der Waals surface area contributed by atoms with Gasteiger partial charge in [0.2, 0.25) is 4.77 Å². The molecule has 0 aliphatic rings. The number of fused-ring (bicyclic) bond motifs is 1. The molecule has 4 aromatic rings. The van der Waals surface area contributed by atoms with Gasteiger partial charge in [0, 0.05) is 16.5 Å². The number of hydrogen-bond acceptors (Lipinski definition) is 5. The quantitative estimate of drug-likeness (QED) is 0.430. The standard InChI is InChI=1S/C21H15F2N3O3S2/c1-11-17(12-5-3-2-4-6-12)18-19(31-11)24-21(30)26(20(18)28)25-16(27)10-29-15-8-7-13(22)9-14(15)23/h2-9H,10H2,1H3,(H,24,30)(H,25,27). The Bertz CT molecular complexity index is 1410. The molecule has 2 aromatic heterocycles. The minimum absolute atomic E-state index is 0.000301. The summed E-state index contributed by atoms with van der Waals surface area (Å²) in [6.45, 7) is 1.30. The number of carbonyl (C=O) groups excluding carboxylic acids is 1. The van der Waals surface area contributed by atoms with E-state index in [9.17, 15) is 18.4 Å². The summed E-state index contributed by atoms with van der Waals surface area (Å²) in [6, 6.07) is 12.1. The van der Waals surface area contributed by atoms with Crippen LogP contribution in [0.2, 0.25) is 0 Å². The Balaban J connectivity index is 1.65. The van der Waals surface area contributed by atoms with Gasteiger partial charge in [-0.05, 0) is 36.8 Å². The highest BCUT2D eigenvalue weighted by Crippen LogP contribution is 2.35. The van der Waals surface area contributed by atoms with Crippen LogP contribution in [-0.2, 0) is 4.79 Å². The third-order valence-corrected chi connectivity index (χ3v) is 5.78. The van der Waals surface area contributed by atoms with Crippen molar-refractivity contribution in [2.75, 3.05) is 12.0 Å². The summed E-state index contributed by atoms with van der Waals surface area (Å²) in [7, 11) is 0. The predicted molar refractivity (Wildman–Crippen MR) is 118 cm³/mol. The predicted octanol–water partition coefficient (Wildman–Crippen LogP) is 4.52. The van der Waals surface area contributed by atoms with Crippen molar-refractivity contribution in [1.29, 1.82) is 0 Å². The van der Waals surface area contributed by atoms with E-state index >= 15 is 0 Å². The van der Waals surface area contributed by atoms with E-state index in [1.165, 1.54) is 11.3 Å². The van der Waals surface area contributed by atoms with Gasteiger partial charge in [-0.1, -0.05) is 30.3 Å². The van der Waals surface area contributed by atoms with Crippen LogP contribution in [0.1, 0.15) is 4.88 Å². The summed E-state index contributed by atoms with van der Waals surface area (Å²) in [5.74, 6) is -2.73. The molecule has 0 aliphatic carbocycles. The fraction of sp³-hybridized carbons (Fsp3) is 0.0952. The maximum Gasteiger partial charge on any atom is 0.282 e. The number of carbonyl (C=O) groups is 1. The van der Waals surface area contributed by atoms with Gasteiger partial charge in [-0.15, -0.1) is 11.3 Å². The van der Waals surface area contributed by atoms with Crippen LogP contribution in [0, 0.1) is 23.3 Å². The van der Waals surface area contributed by atoms with Crippen molar-refractivity contribution >= 4 is 39.7 Å². The average molecular weight is 459 g/mol. The summed E-state index contributed by atoms with van der Waals surface area (Å²) in [5, 5.41) is 0.396. The fourth-order valence-corrected chi connectivity index (χ4v) is 4.50. The minimum Gasteiger partial charge on any atom is -0.481 e. The van der Waals surface area contributed by atoms with E-state index in [0.717, 1.165) is 32.8 Å². The lowest BCUT2D eigenvalue weighted by molar-refractivity contribution is -0.119. The van der Waals surface area contributed by atoms with Gasteiger partial charge < -0.3 is 9.72 Å². The maximum atomic E-state index is 13.7. The Morgan fingerprint density at radius 1 is 1.23 bits per heavy atom. The van der Waals surface area contributed by atoms with Gasteiger partial charge in [0.15, 0.2) is 18.2 Å². The molecule has 158 valence electrons. The van der Waals surface area contributed by atoms with Crippen molar-refractivity contribution in [3.8, 4) is 16.9 Å². The maximum absolute atomic E-state index is 13.7. The Kier molecular flexibility index (Phi) is 5.66. The SMILES string of the molecule is Cc1sc2[nH]c(=S)n(NC(=O)COc3ccc(F)cc3F)c(=O)c2c1-c1ccccc1. The second kappa shape index (κ2) is 8.40. The molecule has 1 amide bonds. The summed E-state index contributed by atoms with van der Waals surface area (Å²) >= 11 is 6.62. The van der Waals surface area contributed by atoms with Crippen LogP contribution in [0.15, 0.2) is 53.3 Å². The number of nitrogens with zero attached hydrogens (tertiary/aromatic N) is 1. The zero-order valence-corrected chi connectivity index (χ0v) is 17.7. The number of amides is 1. The van der Waals surface area contributed by atoms with E-state index in [2.05, 4.69) is 10.4 Å². The van der Waals surface area contributed by atoms with Gasteiger partial charge in [-0.3, -0.25) is 15.0 Å². The largest absolute Gasteiger partial charge is 0.481 e. The van der Waals surface area contributed by atoms with E-state index in [1.807, 2.05) is 37.3 Å². The topological polar surface area (TPSA) is 76.1 Å². The van der Waals surface area contributed by atoms with E-state index in [4.69, 9.17) is 17.0 Å². The summed E-state index contributed by atoms with van der Waals surface area (Å²) in [4.78, 5) is 30.0. The molecule has 0 saturated heterocycles. The van der Waals surface area contributed by atoms with Crippen molar-refractivity contribution in [1.82, 2.24) is 9.66 Å². The van der Waals surface area contributed by atoms with Crippen molar-refractivity contribution < 1.29 is 18.3 Å². The monoisotopic (exact) mass is 459 g/mol. The molecule has 0 spiro atoms. The van der Waals surface area contributed by atoms with Gasteiger partial charge in [0.1, 0.15) is 10.6 Å². The van der Waals surface area contributed by atoms with E-state index in [-0.39, 0.29) is 10.5 Å². The molecule has 4 rings (SSSR count). The van der Waals surface area contributed by atoms with Crippen LogP contribution in [0.4, 0.5) is 8.78 Å².